The fourth-order valence-corrected chi connectivity index (χ4v) is 1.79. The molecule has 1 nitrogen and oxygen atoms in total. The highest BCUT2D eigenvalue weighted by Gasteiger charge is 2.03. The van der Waals surface area contributed by atoms with Crippen molar-refractivity contribution in [2.45, 2.75) is 40.0 Å². The summed E-state index contributed by atoms with van der Waals surface area (Å²) in [4.78, 5) is 2.46. The summed E-state index contributed by atoms with van der Waals surface area (Å²) in [6.07, 6.45) is 3.67. The number of unbranched alkanes of at least 4 members (excludes halogenated alkanes) is 1. The molecule has 0 N–H and O–H groups in total. The third-order valence-corrected chi connectivity index (χ3v) is 2.85. The van der Waals surface area contributed by atoms with Crippen LogP contribution in [0.25, 0.3) is 0 Å². The van der Waals surface area contributed by atoms with E-state index in [9.17, 15) is 0 Å². The van der Waals surface area contributed by atoms with Crippen molar-refractivity contribution in [3.05, 3.63) is 29.8 Å². The summed E-state index contributed by atoms with van der Waals surface area (Å²) in [6.45, 7) is 8.97. The Bertz CT molecular complexity index is 280. The highest BCUT2D eigenvalue weighted by Crippen LogP contribution is 2.17. The van der Waals surface area contributed by atoms with E-state index in [1.807, 2.05) is 0 Å². The van der Waals surface area contributed by atoms with E-state index in [4.69, 9.17) is 0 Å². The minimum absolute atomic E-state index is 1.10. The van der Waals surface area contributed by atoms with Gasteiger partial charge in [-0.2, -0.15) is 0 Å². The van der Waals surface area contributed by atoms with Crippen molar-refractivity contribution in [1.29, 1.82) is 0 Å². The molecule has 0 spiro atoms. The Morgan fingerprint density at radius 2 is 1.93 bits per heavy atom. The quantitative estimate of drug-likeness (QED) is 0.681. The van der Waals surface area contributed by atoms with Gasteiger partial charge in [0.05, 0.1) is 0 Å². The smallest absolute Gasteiger partial charge is 0.0368 e. The number of nitrogens with zero attached hydrogens (tertiary/aromatic N) is 1. The minimum Gasteiger partial charge on any atom is -0.372 e. The number of aryl methyl sites for hydroxylation is 1. The van der Waals surface area contributed by atoms with Gasteiger partial charge in [-0.25, -0.2) is 0 Å². The van der Waals surface area contributed by atoms with E-state index in [2.05, 4.69) is 49.9 Å². The zero-order chi connectivity index (χ0) is 11.1. The van der Waals surface area contributed by atoms with Crippen LogP contribution in [0, 0.1) is 0 Å². The molecule has 1 aromatic carbocycles. The number of rotatable bonds is 6. The zero-order valence-electron chi connectivity index (χ0n) is 10.3. The lowest BCUT2D eigenvalue weighted by atomic mass is 10.1. The first-order valence-corrected chi connectivity index (χ1v) is 6.15. The highest BCUT2D eigenvalue weighted by atomic mass is 15.1. The van der Waals surface area contributed by atoms with E-state index in [1.54, 1.807) is 0 Å². The lowest BCUT2D eigenvalue weighted by molar-refractivity contribution is 0.732. The van der Waals surface area contributed by atoms with Crippen LogP contribution in [0.3, 0.4) is 0 Å². The van der Waals surface area contributed by atoms with Gasteiger partial charge in [-0.05, 0) is 37.5 Å². The number of anilines is 1. The maximum absolute atomic E-state index is 2.46. The molecule has 0 radical (unpaired) electrons. The molecule has 0 amide bonds. The van der Waals surface area contributed by atoms with Crippen LogP contribution in [0.5, 0.6) is 0 Å². The van der Waals surface area contributed by atoms with Gasteiger partial charge >= 0.3 is 0 Å². The van der Waals surface area contributed by atoms with E-state index in [0.29, 0.717) is 0 Å². The Balaban J connectivity index is 2.72. The van der Waals surface area contributed by atoms with Crippen LogP contribution in [0.15, 0.2) is 24.3 Å². The number of hydrogen-bond donors (Lipinski definition) is 0. The van der Waals surface area contributed by atoms with E-state index in [0.717, 1.165) is 13.0 Å². The first-order chi connectivity index (χ1) is 7.31. The molecule has 1 heteroatoms. The van der Waals surface area contributed by atoms with Crippen molar-refractivity contribution in [3.63, 3.8) is 0 Å². The first-order valence-electron chi connectivity index (χ1n) is 6.15. The largest absolute Gasteiger partial charge is 0.372 e. The summed E-state index contributed by atoms with van der Waals surface area (Å²) >= 11 is 0. The Labute approximate surface area is 94.1 Å². The Morgan fingerprint density at radius 1 is 1.13 bits per heavy atom. The Hall–Kier alpha value is -0.980. The molecular weight excluding hydrogens is 182 g/mol. The summed E-state index contributed by atoms with van der Waals surface area (Å²) in [5, 5.41) is 0. The van der Waals surface area contributed by atoms with Gasteiger partial charge < -0.3 is 4.90 Å². The molecule has 1 rings (SSSR count). The topological polar surface area (TPSA) is 3.24 Å². The van der Waals surface area contributed by atoms with Gasteiger partial charge in [-0.15, -0.1) is 0 Å². The van der Waals surface area contributed by atoms with E-state index < -0.39 is 0 Å². The summed E-state index contributed by atoms with van der Waals surface area (Å²) in [5.74, 6) is 0. The molecule has 0 atom stereocenters. The molecule has 0 bridgehead atoms. The van der Waals surface area contributed by atoms with Gasteiger partial charge in [0.15, 0.2) is 0 Å². The van der Waals surface area contributed by atoms with Crippen LogP contribution in [0.1, 0.15) is 39.2 Å². The lowest BCUT2D eigenvalue weighted by Gasteiger charge is -2.23. The van der Waals surface area contributed by atoms with Crippen molar-refractivity contribution >= 4 is 5.69 Å². The molecule has 15 heavy (non-hydrogen) atoms. The average molecular weight is 205 g/mol. The van der Waals surface area contributed by atoms with Crippen molar-refractivity contribution in [3.8, 4) is 0 Å². The second kappa shape index (κ2) is 6.49. The molecule has 0 aliphatic rings. The van der Waals surface area contributed by atoms with Gasteiger partial charge in [-0.3, -0.25) is 0 Å². The third-order valence-electron chi connectivity index (χ3n) is 2.85. The normalized spacial score (nSPS) is 10.3. The molecule has 0 saturated carbocycles. The molecule has 0 saturated heterocycles. The monoisotopic (exact) mass is 205 g/mol. The first kappa shape index (κ1) is 12.1. The van der Waals surface area contributed by atoms with Crippen molar-refractivity contribution in [2.75, 3.05) is 18.0 Å². The van der Waals surface area contributed by atoms with Crippen molar-refractivity contribution in [1.82, 2.24) is 0 Å². The molecule has 84 valence electrons. The van der Waals surface area contributed by atoms with E-state index in [-0.39, 0.29) is 0 Å². The molecule has 1 aromatic rings. The molecular formula is C14H23N. The second-order valence-corrected chi connectivity index (χ2v) is 3.96. The zero-order valence-corrected chi connectivity index (χ0v) is 10.3. The van der Waals surface area contributed by atoms with Crippen LogP contribution < -0.4 is 4.90 Å². The van der Waals surface area contributed by atoms with Gasteiger partial charge in [-0.1, -0.05) is 32.4 Å². The lowest BCUT2D eigenvalue weighted by Crippen LogP contribution is -2.23. The predicted octanol–water partition coefficient (Wildman–Crippen LogP) is 3.88. The van der Waals surface area contributed by atoms with Crippen LogP contribution in [0.4, 0.5) is 5.69 Å². The minimum atomic E-state index is 1.10. The maximum Gasteiger partial charge on any atom is 0.0368 e. The molecule has 0 aromatic heterocycles. The fraction of sp³-hybridized carbons (Fsp3) is 0.571. The molecule has 0 aliphatic carbocycles. The molecule has 0 aliphatic heterocycles. The summed E-state index contributed by atoms with van der Waals surface area (Å²) in [5.41, 5.74) is 2.81. The molecule has 0 fully saturated rings. The second-order valence-electron chi connectivity index (χ2n) is 3.96. The summed E-state index contributed by atoms with van der Waals surface area (Å²) in [6, 6.07) is 8.91. The number of benzene rings is 1. The van der Waals surface area contributed by atoms with Gasteiger partial charge in [0.1, 0.15) is 0 Å². The maximum atomic E-state index is 2.46. The fourth-order valence-electron chi connectivity index (χ4n) is 1.79. The van der Waals surface area contributed by atoms with Gasteiger partial charge in [0.25, 0.3) is 0 Å². The Morgan fingerprint density at radius 3 is 2.53 bits per heavy atom. The standard InChI is InChI=1S/C14H23N/c1-4-7-11-15(6-3)14-10-8-9-13(5-2)12-14/h8-10,12H,4-7,11H2,1-3H3. The SMILES string of the molecule is CCCCN(CC)c1cccc(CC)c1. The average Bonchev–Trinajstić information content (AvgIpc) is 2.30. The van der Waals surface area contributed by atoms with E-state index >= 15 is 0 Å². The van der Waals surface area contributed by atoms with Crippen LogP contribution in [0.2, 0.25) is 0 Å². The van der Waals surface area contributed by atoms with Crippen molar-refractivity contribution < 1.29 is 0 Å². The summed E-state index contributed by atoms with van der Waals surface area (Å²) in [7, 11) is 0. The predicted molar refractivity (Wildman–Crippen MR) is 68.6 cm³/mol. The highest BCUT2D eigenvalue weighted by molar-refractivity contribution is 5.48. The number of hydrogen-bond acceptors (Lipinski definition) is 1. The van der Waals surface area contributed by atoms with Gasteiger partial charge in [0, 0.05) is 18.8 Å². The van der Waals surface area contributed by atoms with Crippen LogP contribution in [-0.4, -0.2) is 13.1 Å². The molecule has 0 unspecified atom stereocenters. The van der Waals surface area contributed by atoms with Crippen molar-refractivity contribution in [2.24, 2.45) is 0 Å². The van der Waals surface area contributed by atoms with E-state index in [1.165, 1.54) is 30.6 Å². The summed E-state index contributed by atoms with van der Waals surface area (Å²) < 4.78 is 0. The third kappa shape index (κ3) is 3.58. The Kier molecular flexibility index (Phi) is 5.23. The van der Waals surface area contributed by atoms with Crippen LogP contribution >= 0.6 is 0 Å². The molecule has 0 heterocycles. The van der Waals surface area contributed by atoms with Crippen LogP contribution in [-0.2, 0) is 6.42 Å². The van der Waals surface area contributed by atoms with Gasteiger partial charge in [0.2, 0.25) is 0 Å².